The average molecular weight is 329 g/mol. The van der Waals surface area contributed by atoms with Crippen LogP contribution in [0, 0.1) is 20.2 Å². The van der Waals surface area contributed by atoms with Crippen LogP contribution in [0.3, 0.4) is 0 Å². The minimum Gasteiger partial charge on any atom is -0.348 e. The lowest BCUT2D eigenvalue weighted by Gasteiger charge is -2.10. The summed E-state index contributed by atoms with van der Waals surface area (Å²) in [5.41, 5.74) is -1.43. The van der Waals surface area contributed by atoms with Gasteiger partial charge in [0.1, 0.15) is 0 Å². The van der Waals surface area contributed by atoms with Gasteiger partial charge in [0.05, 0.1) is 33.0 Å². The van der Waals surface area contributed by atoms with Gasteiger partial charge in [0, 0.05) is 18.2 Å². The fourth-order valence-corrected chi connectivity index (χ4v) is 3.79. The summed E-state index contributed by atoms with van der Waals surface area (Å²) in [4.78, 5) is 31.8. The van der Waals surface area contributed by atoms with Crippen LogP contribution in [0.4, 0.5) is 11.4 Å². The SMILES string of the molecule is O=C(N[C@@H]1CCS(=O)(=O)C1)c1cc([N+](=O)[O-])cc([N+](=O)[O-])c1. The van der Waals surface area contributed by atoms with Crippen molar-refractivity contribution < 1.29 is 23.1 Å². The third kappa shape index (κ3) is 3.55. The number of benzene rings is 1. The Balaban J connectivity index is 2.25. The van der Waals surface area contributed by atoms with Gasteiger partial charge < -0.3 is 5.32 Å². The van der Waals surface area contributed by atoms with Gasteiger partial charge in [-0.2, -0.15) is 0 Å². The average Bonchev–Trinajstić information content (AvgIpc) is 2.77. The van der Waals surface area contributed by atoms with Gasteiger partial charge in [-0.05, 0) is 6.42 Å². The molecule has 1 aliphatic heterocycles. The highest BCUT2D eigenvalue weighted by atomic mass is 32.2. The third-order valence-corrected chi connectivity index (χ3v) is 4.92. The normalized spacial score (nSPS) is 19.5. The number of carbonyl (C=O) groups is 1. The molecule has 1 fully saturated rings. The van der Waals surface area contributed by atoms with Gasteiger partial charge in [0.2, 0.25) is 0 Å². The highest BCUT2D eigenvalue weighted by molar-refractivity contribution is 7.91. The fourth-order valence-electron chi connectivity index (χ4n) is 2.11. The van der Waals surface area contributed by atoms with E-state index in [-0.39, 0.29) is 23.5 Å². The van der Waals surface area contributed by atoms with E-state index in [1.54, 1.807) is 0 Å². The van der Waals surface area contributed by atoms with Crippen LogP contribution in [0.5, 0.6) is 0 Å². The van der Waals surface area contributed by atoms with Crippen molar-refractivity contribution in [3.05, 3.63) is 44.0 Å². The standard InChI is InChI=1S/C11H11N3O7S/c15-11(12-8-1-2-22(20,21)6-8)7-3-9(13(16)17)5-10(4-7)14(18)19/h3-5,8H,1-2,6H2,(H,12,15)/t8-/m1/s1. The predicted octanol–water partition coefficient (Wildman–Crippen LogP) is 0.420. The molecule has 0 aromatic heterocycles. The Morgan fingerprint density at radius 1 is 1.14 bits per heavy atom. The monoisotopic (exact) mass is 329 g/mol. The van der Waals surface area contributed by atoms with Crippen molar-refractivity contribution in [3.8, 4) is 0 Å². The molecule has 0 radical (unpaired) electrons. The largest absolute Gasteiger partial charge is 0.348 e. The molecule has 1 aromatic rings. The molecule has 22 heavy (non-hydrogen) atoms. The number of nitro benzene ring substituents is 2. The highest BCUT2D eigenvalue weighted by Crippen LogP contribution is 2.23. The molecule has 1 atom stereocenters. The molecule has 11 heteroatoms. The van der Waals surface area contributed by atoms with Crippen molar-refractivity contribution in [1.82, 2.24) is 5.32 Å². The van der Waals surface area contributed by atoms with Crippen molar-refractivity contribution in [3.63, 3.8) is 0 Å². The van der Waals surface area contributed by atoms with Crippen LogP contribution in [0.25, 0.3) is 0 Å². The van der Waals surface area contributed by atoms with Crippen molar-refractivity contribution in [2.45, 2.75) is 12.5 Å². The van der Waals surface area contributed by atoms with Crippen LogP contribution in [0.1, 0.15) is 16.8 Å². The fraction of sp³-hybridized carbons (Fsp3) is 0.364. The number of hydrogen-bond acceptors (Lipinski definition) is 7. The Labute approximate surface area is 124 Å². The number of amides is 1. The molecule has 1 N–H and O–H groups in total. The van der Waals surface area contributed by atoms with Crippen LogP contribution in [-0.4, -0.2) is 41.7 Å². The van der Waals surface area contributed by atoms with Gasteiger partial charge in [0.15, 0.2) is 9.84 Å². The predicted molar refractivity (Wildman–Crippen MR) is 74.3 cm³/mol. The minimum absolute atomic E-state index is 0.0486. The first-order chi connectivity index (χ1) is 10.2. The number of carbonyl (C=O) groups excluding carboxylic acids is 1. The highest BCUT2D eigenvalue weighted by Gasteiger charge is 2.30. The zero-order chi connectivity index (χ0) is 16.5. The van der Waals surface area contributed by atoms with Crippen LogP contribution >= 0.6 is 0 Å². The number of nitro groups is 2. The molecule has 10 nitrogen and oxygen atoms in total. The van der Waals surface area contributed by atoms with Gasteiger partial charge in [-0.15, -0.1) is 0 Å². The summed E-state index contributed by atoms with van der Waals surface area (Å²) in [5.74, 6) is -1.04. The Kier molecular flexibility index (Phi) is 4.08. The maximum Gasteiger partial charge on any atom is 0.277 e. The molecule has 0 bridgehead atoms. The summed E-state index contributed by atoms with van der Waals surface area (Å²) in [6.07, 6.45) is 0.241. The Bertz CT molecular complexity index is 727. The number of rotatable bonds is 4. The molecule has 0 saturated carbocycles. The zero-order valence-electron chi connectivity index (χ0n) is 11.1. The molecule has 1 amide bonds. The van der Waals surface area contributed by atoms with E-state index in [0.717, 1.165) is 18.2 Å². The second-order valence-electron chi connectivity index (χ2n) is 4.83. The third-order valence-electron chi connectivity index (χ3n) is 3.15. The van der Waals surface area contributed by atoms with Crippen molar-refractivity contribution >= 4 is 27.1 Å². The molecule has 1 aliphatic rings. The topological polar surface area (TPSA) is 150 Å². The molecule has 118 valence electrons. The summed E-state index contributed by atoms with van der Waals surface area (Å²) in [7, 11) is -3.20. The quantitative estimate of drug-likeness (QED) is 0.621. The van der Waals surface area contributed by atoms with E-state index in [2.05, 4.69) is 5.32 Å². The van der Waals surface area contributed by atoms with E-state index in [0.29, 0.717) is 0 Å². The number of hydrogen-bond donors (Lipinski definition) is 1. The lowest BCUT2D eigenvalue weighted by molar-refractivity contribution is -0.394. The van der Waals surface area contributed by atoms with Crippen LogP contribution in [0.15, 0.2) is 18.2 Å². The Morgan fingerprint density at radius 2 is 1.68 bits per heavy atom. The molecule has 2 rings (SSSR count). The van der Waals surface area contributed by atoms with Gasteiger partial charge in [-0.3, -0.25) is 25.0 Å². The van der Waals surface area contributed by atoms with E-state index >= 15 is 0 Å². The molecule has 0 unspecified atom stereocenters. The molecule has 1 heterocycles. The zero-order valence-corrected chi connectivity index (χ0v) is 11.9. The van der Waals surface area contributed by atoms with E-state index < -0.39 is 43.0 Å². The van der Waals surface area contributed by atoms with Gasteiger partial charge in [-0.25, -0.2) is 8.42 Å². The minimum atomic E-state index is -3.20. The number of nitrogens with one attached hydrogen (secondary N) is 1. The molecule has 0 spiro atoms. The van der Waals surface area contributed by atoms with Crippen LogP contribution in [0.2, 0.25) is 0 Å². The molecule has 1 aromatic carbocycles. The van der Waals surface area contributed by atoms with Crippen LogP contribution < -0.4 is 5.32 Å². The second-order valence-corrected chi connectivity index (χ2v) is 7.05. The Morgan fingerprint density at radius 3 is 2.09 bits per heavy atom. The summed E-state index contributed by atoms with van der Waals surface area (Å²) < 4.78 is 22.6. The maximum atomic E-state index is 12.0. The molecule has 0 aliphatic carbocycles. The number of nitrogens with zero attached hydrogens (tertiary/aromatic N) is 2. The molecular formula is C11H11N3O7S. The summed E-state index contributed by atoms with van der Waals surface area (Å²) in [5, 5.41) is 23.9. The number of non-ortho nitro benzene ring substituents is 2. The van der Waals surface area contributed by atoms with Crippen molar-refractivity contribution in [2.75, 3.05) is 11.5 Å². The van der Waals surface area contributed by atoms with Crippen LogP contribution in [-0.2, 0) is 9.84 Å². The smallest absolute Gasteiger partial charge is 0.277 e. The van der Waals surface area contributed by atoms with Gasteiger partial charge >= 0.3 is 0 Å². The molecular weight excluding hydrogens is 318 g/mol. The molecule has 1 saturated heterocycles. The first kappa shape index (κ1) is 15.8. The lowest BCUT2D eigenvalue weighted by atomic mass is 10.1. The summed E-state index contributed by atoms with van der Waals surface area (Å²) in [6, 6.07) is 1.96. The first-order valence-corrected chi connectivity index (χ1v) is 7.95. The lowest BCUT2D eigenvalue weighted by Crippen LogP contribution is -2.35. The first-order valence-electron chi connectivity index (χ1n) is 6.13. The van der Waals surface area contributed by atoms with Crippen molar-refractivity contribution in [2.24, 2.45) is 0 Å². The summed E-state index contributed by atoms with van der Waals surface area (Å²) in [6.45, 7) is 0. The number of sulfone groups is 1. The van der Waals surface area contributed by atoms with E-state index in [4.69, 9.17) is 0 Å². The van der Waals surface area contributed by atoms with E-state index in [9.17, 15) is 33.4 Å². The van der Waals surface area contributed by atoms with E-state index in [1.165, 1.54) is 0 Å². The summed E-state index contributed by atoms with van der Waals surface area (Å²) >= 11 is 0. The maximum absolute atomic E-state index is 12.0. The van der Waals surface area contributed by atoms with Crippen molar-refractivity contribution in [1.29, 1.82) is 0 Å². The second kappa shape index (κ2) is 5.67. The van der Waals surface area contributed by atoms with Gasteiger partial charge in [-0.1, -0.05) is 0 Å². The van der Waals surface area contributed by atoms with Gasteiger partial charge in [0.25, 0.3) is 17.3 Å². The van der Waals surface area contributed by atoms with E-state index in [1.807, 2.05) is 0 Å². The Hall–Kier alpha value is -2.56.